The van der Waals surface area contributed by atoms with E-state index in [4.69, 9.17) is 9.97 Å². The predicted octanol–water partition coefficient (Wildman–Crippen LogP) is 4.02. The van der Waals surface area contributed by atoms with Gasteiger partial charge in [0, 0.05) is 38.1 Å². The van der Waals surface area contributed by atoms with E-state index in [0.717, 1.165) is 55.4 Å². The summed E-state index contributed by atoms with van der Waals surface area (Å²) in [6.45, 7) is 7.18. The molecule has 1 aromatic heterocycles. The molecule has 28 heavy (non-hydrogen) atoms. The minimum Gasteiger partial charge on any atom is -0.365 e. The molecule has 1 aliphatic heterocycles. The lowest BCUT2D eigenvalue weighted by atomic mass is 10.1. The lowest BCUT2D eigenvalue weighted by Crippen LogP contribution is -2.31. The molecule has 1 fully saturated rings. The maximum atomic E-state index is 4.96. The second-order valence-electron chi connectivity index (χ2n) is 7.71. The molecule has 4 rings (SSSR count). The van der Waals surface area contributed by atoms with Gasteiger partial charge in [-0.15, -0.1) is 0 Å². The van der Waals surface area contributed by atoms with Gasteiger partial charge >= 0.3 is 0 Å². The highest BCUT2D eigenvalue weighted by Gasteiger charge is 2.22. The first kappa shape index (κ1) is 18.7. The summed E-state index contributed by atoms with van der Waals surface area (Å²) >= 11 is 0. The van der Waals surface area contributed by atoms with Gasteiger partial charge in [-0.25, -0.2) is 4.98 Å². The molecule has 0 aliphatic carbocycles. The van der Waals surface area contributed by atoms with Gasteiger partial charge < -0.3 is 15.1 Å². The predicted molar refractivity (Wildman–Crippen MR) is 117 cm³/mol. The Balaban J connectivity index is 1.65. The summed E-state index contributed by atoms with van der Waals surface area (Å²) < 4.78 is 0. The fourth-order valence-corrected chi connectivity index (χ4v) is 3.85. The van der Waals surface area contributed by atoms with Crippen molar-refractivity contribution in [1.82, 2.24) is 14.9 Å². The zero-order valence-electron chi connectivity index (χ0n) is 16.8. The van der Waals surface area contributed by atoms with Crippen LogP contribution in [-0.2, 0) is 6.54 Å². The maximum Gasteiger partial charge on any atom is 0.227 e. The molecule has 146 valence electrons. The quantitative estimate of drug-likeness (QED) is 0.730. The SMILES string of the molecule is CCC1CN(C)CCN(c2nc(NCc3ccccc3)c3ccccc3n2)C1. The zero-order valence-corrected chi connectivity index (χ0v) is 16.8. The van der Waals surface area contributed by atoms with Gasteiger partial charge in [-0.3, -0.25) is 0 Å². The smallest absolute Gasteiger partial charge is 0.227 e. The van der Waals surface area contributed by atoms with Crippen molar-refractivity contribution >= 4 is 22.7 Å². The Morgan fingerprint density at radius 3 is 2.57 bits per heavy atom. The second-order valence-corrected chi connectivity index (χ2v) is 7.71. The minimum atomic E-state index is 0.642. The van der Waals surface area contributed by atoms with E-state index in [1.807, 2.05) is 18.2 Å². The van der Waals surface area contributed by atoms with E-state index in [-0.39, 0.29) is 0 Å². The Morgan fingerprint density at radius 2 is 1.75 bits per heavy atom. The molecular weight excluding hydrogens is 346 g/mol. The molecule has 0 radical (unpaired) electrons. The van der Waals surface area contributed by atoms with Crippen molar-refractivity contribution in [3.8, 4) is 0 Å². The Morgan fingerprint density at radius 1 is 0.964 bits per heavy atom. The van der Waals surface area contributed by atoms with Crippen LogP contribution >= 0.6 is 0 Å². The number of rotatable bonds is 5. The monoisotopic (exact) mass is 375 g/mol. The highest BCUT2D eigenvalue weighted by atomic mass is 15.3. The minimum absolute atomic E-state index is 0.642. The fraction of sp³-hybridized carbons (Fsp3) is 0.391. The van der Waals surface area contributed by atoms with Crippen molar-refractivity contribution in [2.75, 3.05) is 43.4 Å². The number of aromatic nitrogens is 2. The average molecular weight is 376 g/mol. The van der Waals surface area contributed by atoms with Crippen LogP contribution in [0.2, 0.25) is 0 Å². The number of hydrogen-bond acceptors (Lipinski definition) is 5. The van der Waals surface area contributed by atoms with Crippen LogP contribution in [0.25, 0.3) is 10.9 Å². The molecule has 5 heteroatoms. The molecule has 3 aromatic rings. The number of nitrogens with one attached hydrogen (secondary N) is 1. The molecule has 1 atom stereocenters. The lowest BCUT2D eigenvalue weighted by molar-refractivity contribution is 0.306. The molecule has 1 saturated heterocycles. The Bertz CT molecular complexity index is 911. The van der Waals surface area contributed by atoms with Crippen LogP contribution in [0.1, 0.15) is 18.9 Å². The van der Waals surface area contributed by atoms with Gasteiger partial charge in [-0.1, -0.05) is 55.8 Å². The normalized spacial score (nSPS) is 18.2. The number of benzene rings is 2. The summed E-state index contributed by atoms with van der Waals surface area (Å²) in [6, 6.07) is 18.7. The van der Waals surface area contributed by atoms with Crippen LogP contribution in [0.3, 0.4) is 0 Å². The van der Waals surface area contributed by atoms with Crippen molar-refractivity contribution in [2.45, 2.75) is 19.9 Å². The topological polar surface area (TPSA) is 44.3 Å². The number of likely N-dealkylation sites (N-methyl/N-ethyl adjacent to an activating group) is 1. The van der Waals surface area contributed by atoms with E-state index in [1.165, 1.54) is 12.0 Å². The third kappa shape index (κ3) is 4.25. The molecular formula is C23H29N5. The molecule has 2 aromatic carbocycles. The molecule has 1 N–H and O–H groups in total. The van der Waals surface area contributed by atoms with E-state index in [9.17, 15) is 0 Å². The Hall–Kier alpha value is -2.66. The van der Waals surface area contributed by atoms with Crippen LogP contribution in [-0.4, -0.2) is 48.1 Å². The highest BCUT2D eigenvalue weighted by molar-refractivity contribution is 5.90. The zero-order chi connectivity index (χ0) is 19.3. The first-order valence-corrected chi connectivity index (χ1v) is 10.2. The Kier molecular flexibility index (Phi) is 5.72. The standard InChI is InChI=1S/C23H29N5/c1-3-18-16-27(2)13-14-28(17-18)23-25-21-12-8-7-11-20(21)22(26-23)24-15-19-9-5-4-6-10-19/h4-12,18H,3,13-17H2,1-2H3,(H,24,25,26). The molecule has 1 aliphatic rings. The van der Waals surface area contributed by atoms with Crippen LogP contribution < -0.4 is 10.2 Å². The molecule has 0 bridgehead atoms. The van der Waals surface area contributed by atoms with E-state index in [2.05, 4.69) is 65.5 Å². The summed E-state index contributed by atoms with van der Waals surface area (Å²) in [5, 5.41) is 4.62. The maximum absolute atomic E-state index is 4.96. The van der Waals surface area contributed by atoms with Gasteiger partial charge in [0.1, 0.15) is 5.82 Å². The van der Waals surface area contributed by atoms with E-state index in [1.54, 1.807) is 0 Å². The second kappa shape index (κ2) is 8.57. The molecule has 0 spiro atoms. The number of nitrogens with zero attached hydrogens (tertiary/aromatic N) is 4. The van der Waals surface area contributed by atoms with E-state index < -0.39 is 0 Å². The number of hydrogen-bond donors (Lipinski definition) is 1. The van der Waals surface area contributed by atoms with Crippen LogP contribution in [0.4, 0.5) is 11.8 Å². The molecule has 0 amide bonds. The summed E-state index contributed by atoms with van der Waals surface area (Å²) in [7, 11) is 2.21. The van der Waals surface area contributed by atoms with Crippen molar-refractivity contribution in [1.29, 1.82) is 0 Å². The fourth-order valence-electron chi connectivity index (χ4n) is 3.85. The first-order chi connectivity index (χ1) is 13.7. The van der Waals surface area contributed by atoms with Crippen molar-refractivity contribution in [3.63, 3.8) is 0 Å². The van der Waals surface area contributed by atoms with Gasteiger partial charge in [0.25, 0.3) is 0 Å². The van der Waals surface area contributed by atoms with Crippen LogP contribution in [0.15, 0.2) is 54.6 Å². The molecule has 5 nitrogen and oxygen atoms in total. The average Bonchev–Trinajstić information content (AvgIpc) is 2.94. The summed E-state index contributed by atoms with van der Waals surface area (Å²) in [4.78, 5) is 14.6. The van der Waals surface area contributed by atoms with Gasteiger partial charge in [0.2, 0.25) is 5.95 Å². The third-order valence-corrected chi connectivity index (χ3v) is 5.55. The van der Waals surface area contributed by atoms with E-state index in [0.29, 0.717) is 5.92 Å². The number of fused-ring (bicyclic) bond motifs is 1. The largest absolute Gasteiger partial charge is 0.365 e. The molecule has 2 heterocycles. The van der Waals surface area contributed by atoms with E-state index >= 15 is 0 Å². The van der Waals surface area contributed by atoms with Gasteiger partial charge in [0.15, 0.2) is 0 Å². The van der Waals surface area contributed by atoms with Gasteiger partial charge in [-0.05, 0) is 30.7 Å². The van der Waals surface area contributed by atoms with Crippen molar-refractivity contribution in [3.05, 3.63) is 60.2 Å². The molecule has 1 unspecified atom stereocenters. The number of anilines is 2. The summed E-state index contributed by atoms with van der Waals surface area (Å²) in [5.41, 5.74) is 2.24. The van der Waals surface area contributed by atoms with Gasteiger partial charge in [0.05, 0.1) is 5.52 Å². The van der Waals surface area contributed by atoms with Gasteiger partial charge in [-0.2, -0.15) is 4.98 Å². The first-order valence-electron chi connectivity index (χ1n) is 10.2. The molecule has 0 saturated carbocycles. The Labute approximate surface area is 167 Å². The third-order valence-electron chi connectivity index (χ3n) is 5.55. The summed E-state index contributed by atoms with van der Waals surface area (Å²) in [5.74, 6) is 2.39. The highest BCUT2D eigenvalue weighted by Crippen LogP contribution is 2.25. The lowest BCUT2D eigenvalue weighted by Gasteiger charge is -2.24. The number of para-hydroxylation sites is 1. The summed E-state index contributed by atoms with van der Waals surface area (Å²) in [6.07, 6.45) is 1.17. The van der Waals surface area contributed by atoms with Crippen LogP contribution in [0, 0.1) is 5.92 Å². The van der Waals surface area contributed by atoms with Crippen molar-refractivity contribution < 1.29 is 0 Å². The van der Waals surface area contributed by atoms with Crippen molar-refractivity contribution in [2.24, 2.45) is 5.92 Å². The van der Waals surface area contributed by atoms with Crippen LogP contribution in [0.5, 0.6) is 0 Å².